The zero-order valence-corrected chi connectivity index (χ0v) is 15.1. The number of carbonyl (C=O) groups excluding carboxylic acids is 1. The number of thioether (sulfide) groups is 1. The molecule has 1 aromatic carbocycles. The summed E-state index contributed by atoms with van der Waals surface area (Å²) < 4.78 is 0. The minimum absolute atomic E-state index is 0.104. The van der Waals surface area contributed by atoms with Crippen molar-refractivity contribution >= 4 is 35.1 Å². The van der Waals surface area contributed by atoms with Crippen LogP contribution in [0.1, 0.15) is 6.92 Å². The van der Waals surface area contributed by atoms with Gasteiger partial charge in [0.25, 0.3) is 0 Å². The monoisotopic (exact) mass is 361 g/mol. The van der Waals surface area contributed by atoms with Crippen molar-refractivity contribution in [3.05, 3.63) is 53.7 Å². The Morgan fingerprint density at radius 2 is 1.83 bits per heavy atom. The van der Waals surface area contributed by atoms with Crippen molar-refractivity contribution in [2.75, 3.05) is 31.1 Å². The predicted molar refractivity (Wildman–Crippen MR) is 99.8 cm³/mol. The number of hydrogen-bond acceptors (Lipinski definition) is 4. The number of anilines is 1. The number of halogens is 1. The first-order valence-corrected chi connectivity index (χ1v) is 9.26. The fourth-order valence-electron chi connectivity index (χ4n) is 2.72. The number of benzene rings is 1. The highest BCUT2D eigenvalue weighted by Crippen LogP contribution is 2.26. The van der Waals surface area contributed by atoms with Crippen LogP contribution in [0.2, 0.25) is 5.02 Å². The van der Waals surface area contributed by atoms with Gasteiger partial charge in [-0.25, -0.2) is 4.98 Å². The Hall–Kier alpha value is -1.72. The molecule has 1 saturated heterocycles. The lowest BCUT2D eigenvalue weighted by molar-refractivity contribution is -0.130. The third-order valence-electron chi connectivity index (χ3n) is 4.04. The normalized spacial score (nSPS) is 16.1. The molecule has 0 radical (unpaired) electrons. The maximum atomic E-state index is 12.7. The molecule has 1 aliphatic rings. The highest BCUT2D eigenvalue weighted by atomic mass is 35.5. The summed E-state index contributed by atoms with van der Waals surface area (Å²) in [6.45, 7) is 5.08. The maximum absolute atomic E-state index is 12.7. The second kappa shape index (κ2) is 7.90. The number of piperazine rings is 1. The van der Waals surface area contributed by atoms with E-state index in [2.05, 4.69) is 9.88 Å². The molecule has 6 heteroatoms. The van der Waals surface area contributed by atoms with Crippen LogP contribution in [-0.2, 0) is 4.79 Å². The number of amides is 1. The number of aromatic nitrogens is 1. The van der Waals surface area contributed by atoms with Crippen LogP contribution in [0.5, 0.6) is 0 Å². The Balaban J connectivity index is 1.53. The molecule has 2 heterocycles. The summed E-state index contributed by atoms with van der Waals surface area (Å²) in [6.07, 6.45) is 1.80. The molecule has 126 valence electrons. The molecule has 1 amide bonds. The molecule has 0 N–H and O–H groups in total. The summed E-state index contributed by atoms with van der Waals surface area (Å²) in [5.74, 6) is 1.17. The van der Waals surface area contributed by atoms with Gasteiger partial charge in [-0.3, -0.25) is 4.79 Å². The van der Waals surface area contributed by atoms with Crippen LogP contribution in [0, 0.1) is 0 Å². The molecule has 0 bridgehead atoms. The number of nitrogens with zero attached hydrogens (tertiary/aromatic N) is 3. The fraction of sp³-hybridized carbons (Fsp3) is 0.333. The number of pyridine rings is 1. The first-order chi connectivity index (χ1) is 11.6. The van der Waals surface area contributed by atoms with Crippen molar-refractivity contribution < 1.29 is 4.79 Å². The van der Waals surface area contributed by atoms with Crippen LogP contribution in [0.4, 0.5) is 5.82 Å². The average molecular weight is 362 g/mol. The van der Waals surface area contributed by atoms with Gasteiger partial charge >= 0.3 is 0 Å². The van der Waals surface area contributed by atoms with Crippen LogP contribution >= 0.6 is 23.4 Å². The quantitative estimate of drug-likeness (QED) is 0.780. The van der Waals surface area contributed by atoms with Gasteiger partial charge in [0, 0.05) is 42.3 Å². The molecular formula is C18H20ClN3OS. The molecule has 1 atom stereocenters. The highest BCUT2D eigenvalue weighted by molar-refractivity contribution is 8.00. The summed E-state index contributed by atoms with van der Waals surface area (Å²) in [7, 11) is 0. The summed E-state index contributed by atoms with van der Waals surface area (Å²) in [5.41, 5.74) is 0. The SMILES string of the molecule is C[C@H](Sc1ccc(Cl)cc1)C(=O)N1CCN(c2ccccn2)CC1. The Labute approximate surface area is 151 Å². The average Bonchev–Trinajstić information content (AvgIpc) is 2.64. The minimum atomic E-state index is -0.104. The lowest BCUT2D eigenvalue weighted by Crippen LogP contribution is -2.50. The molecule has 0 saturated carbocycles. The summed E-state index contributed by atoms with van der Waals surface area (Å²) >= 11 is 7.48. The number of rotatable bonds is 4. The van der Waals surface area contributed by atoms with E-state index >= 15 is 0 Å². The third kappa shape index (κ3) is 4.22. The molecule has 2 aromatic rings. The standard InChI is InChI=1S/C18H20ClN3OS/c1-14(24-16-7-5-15(19)6-8-16)18(23)22-12-10-21(11-13-22)17-4-2-3-9-20-17/h2-9,14H,10-13H2,1H3/t14-/m0/s1. The van der Waals surface area contributed by atoms with Gasteiger partial charge in [0.1, 0.15) is 5.82 Å². The first kappa shape index (κ1) is 17.1. The van der Waals surface area contributed by atoms with Crippen molar-refractivity contribution in [3.63, 3.8) is 0 Å². The Bertz CT molecular complexity index is 672. The van der Waals surface area contributed by atoms with Gasteiger partial charge in [-0.15, -0.1) is 11.8 Å². The lowest BCUT2D eigenvalue weighted by Gasteiger charge is -2.36. The van der Waals surface area contributed by atoms with E-state index in [0.717, 1.165) is 36.9 Å². The molecule has 0 spiro atoms. The van der Waals surface area contributed by atoms with Crippen molar-refractivity contribution in [1.82, 2.24) is 9.88 Å². The largest absolute Gasteiger partial charge is 0.353 e. The van der Waals surface area contributed by atoms with Crippen LogP contribution in [0.25, 0.3) is 0 Å². The second-order valence-electron chi connectivity index (χ2n) is 5.71. The van der Waals surface area contributed by atoms with Gasteiger partial charge < -0.3 is 9.80 Å². The van der Waals surface area contributed by atoms with E-state index in [9.17, 15) is 4.79 Å². The minimum Gasteiger partial charge on any atom is -0.353 e. The Kier molecular flexibility index (Phi) is 5.63. The first-order valence-electron chi connectivity index (χ1n) is 8.00. The zero-order valence-electron chi connectivity index (χ0n) is 13.6. The van der Waals surface area contributed by atoms with Crippen LogP contribution in [0.15, 0.2) is 53.6 Å². The number of carbonyl (C=O) groups is 1. The molecule has 4 nitrogen and oxygen atoms in total. The van der Waals surface area contributed by atoms with Crippen molar-refractivity contribution in [2.45, 2.75) is 17.1 Å². The van der Waals surface area contributed by atoms with E-state index in [4.69, 9.17) is 11.6 Å². The lowest BCUT2D eigenvalue weighted by atomic mass is 10.2. The molecule has 1 fully saturated rings. The Morgan fingerprint density at radius 3 is 2.46 bits per heavy atom. The second-order valence-corrected chi connectivity index (χ2v) is 7.56. The van der Waals surface area contributed by atoms with Crippen molar-refractivity contribution in [2.24, 2.45) is 0 Å². The topological polar surface area (TPSA) is 36.4 Å². The molecular weight excluding hydrogens is 342 g/mol. The molecule has 24 heavy (non-hydrogen) atoms. The molecule has 1 aromatic heterocycles. The summed E-state index contributed by atoms with van der Waals surface area (Å²) in [6, 6.07) is 13.5. The van der Waals surface area contributed by atoms with Crippen LogP contribution in [0.3, 0.4) is 0 Å². The van der Waals surface area contributed by atoms with Gasteiger partial charge in [0.2, 0.25) is 5.91 Å². The van der Waals surface area contributed by atoms with Gasteiger partial charge in [-0.2, -0.15) is 0 Å². The van der Waals surface area contributed by atoms with Crippen molar-refractivity contribution in [1.29, 1.82) is 0 Å². The molecule has 0 unspecified atom stereocenters. The third-order valence-corrected chi connectivity index (χ3v) is 5.39. The smallest absolute Gasteiger partial charge is 0.235 e. The Morgan fingerprint density at radius 1 is 1.12 bits per heavy atom. The summed E-state index contributed by atoms with van der Waals surface area (Å²) in [4.78, 5) is 22.3. The fourth-order valence-corrected chi connectivity index (χ4v) is 3.80. The van der Waals surface area contributed by atoms with Crippen LogP contribution in [-0.4, -0.2) is 47.2 Å². The molecule has 0 aliphatic carbocycles. The van der Waals surface area contributed by atoms with E-state index in [0.29, 0.717) is 5.02 Å². The highest BCUT2D eigenvalue weighted by Gasteiger charge is 2.25. The van der Waals surface area contributed by atoms with E-state index in [-0.39, 0.29) is 11.2 Å². The van der Waals surface area contributed by atoms with Gasteiger partial charge in [-0.1, -0.05) is 17.7 Å². The van der Waals surface area contributed by atoms with Crippen LogP contribution < -0.4 is 4.90 Å². The van der Waals surface area contributed by atoms with Gasteiger partial charge in [-0.05, 0) is 43.3 Å². The number of hydrogen-bond donors (Lipinski definition) is 0. The zero-order chi connectivity index (χ0) is 16.9. The summed E-state index contributed by atoms with van der Waals surface area (Å²) in [5, 5.41) is 0.608. The predicted octanol–water partition coefficient (Wildman–Crippen LogP) is 3.56. The van der Waals surface area contributed by atoms with E-state index in [1.807, 2.05) is 54.3 Å². The maximum Gasteiger partial charge on any atom is 0.235 e. The molecule has 3 rings (SSSR count). The van der Waals surface area contributed by atoms with E-state index in [1.165, 1.54) is 0 Å². The molecule has 1 aliphatic heterocycles. The van der Waals surface area contributed by atoms with E-state index in [1.54, 1.807) is 18.0 Å². The van der Waals surface area contributed by atoms with E-state index < -0.39 is 0 Å². The van der Waals surface area contributed by atoms with Gasteiger partial charge in [0.05, 0.1) is 5.25 Å². The van der Waals surface area contributed by atoms with Gasteiger partial charge in [0.15, 0.2) is 0 Å². The van der Waals surface area contributed by atoms with Crippen molar-refractivity contribution in [3.8, 4) is 0 Å².